The molecule has 9 nitrogen and oxygen atoms in total. The van der Waals surface area contributed by atoms with Gasteiger partial charge in [0.05, 0.1) is 22.2 Å². The summed E-state index contributed by atoms with van der Waals surface area (Å²) in [5.41, 5.74) is 10.0. The third-order valence-corrected chi connectivity index (χ3v) is 9.04. The van der Waals surface area contributed by atoms with Gasteiger partial charge in [-0.15, -0.1) is 11.3 Å². The SMILES string of the molecule is Cc1ncsc1-c1ccc(CCNC(=O)[C@@H]2C[C@H](O)CN2C(=O)[C@@H](NC(=O)CCCCCCCCCN)C(C)(C)C)cc1. The Kier molecular flexibility index (Phi) is 13.6. The van der Waals surface area contributed by atoms with Crippen LogP contribution in [0.3, 0.4) is 0 Å². The van der Waals surface area contributed by atoms with E-state index in [1.54, 1.807) is 11.3 Å². The number of carbonyl (C=O) groups is 3. The number of carbonyl (C=O) groups excluding carboxylic acids is 3. The number of nitrogens with two attached hydrogens (primary N) is 1. The van der Waals surface area contributed by atoms with E-state index >= 15 is 0 Å². The van der Waals surface area contributed by atoms with Crippen molar-refractivity contribution >= 4 is 29.1 Å². The molecule has 10 heteroatoms. The first-order valence-corrected chi connectivity index (χ1v) is 16.6. The Balaban J connectivity index is 1.50. The van der Waals surface area contributed by atoms with E-state index in [4.69, 9.17) is 5.73 Å². The van der Waals surface area contributed by atoms with E-state index in [0.717, 1.165) is 66.8 Å². The molecule has 0 bridgehead atoms. The topological polar surface area (TPSA) is 138 Å². The minimum Gasteiger partial charge on any atom is -0.391 e. The van der Waals surface area contributed by atoms with Gasteiger partial charge in [0.2, 0.25) is 17.7 Å². The van der Waals surface area contributed by atoms with Gasteiger partial charge in [0, 0.05) is 25.9 Å². The number of aliphatic hydroxyl groups excluding tert-OH is 1. The number of aryl methyl sites for hydroxylation is 1. The van der Waals surface area contributed by atoms with Gasteiger partial charge in [0.15, 0.2) is 0 Å². The lowest BCUT2D eigenvalue weighted by Crippen LogP contribution is -2.57. The number of amides is 3. The highest BCUT2D eigenvalue weighted by Crippen LogP contribution is 2.28. The van der Waals surface area contributed by atoms with Crippen molar-refractivity contribution in [2.75, 3.05) is 19.6 Å². The van der Waals surface area contributed by atoms with Gasteiger partial charge in [0.1, 0.15) is 12.1 Å². The van der Waals surface area contributed by atoms with Gasteiger partial charge in [-0.3, -0.25) is 14.4 Å². The van der Waals surface area contributed by atoms with Gasteiger partial charge in [-0.25, -0.2) is 4.98 Å². The van der Waals surface area contributed by atoms with E-state index in [-0.39, 0.29) is 30.7 Å². The predicted molar refractivity (Wildman–Crippen MR) is 173 cm³/mol. The van der Waals surface area contributed by atoms with E-state index in [0.29, 0.717) is 19.4 Å². The van der Waals surface area contributed by atoms with Crippen molar-refractivity contribution in [1.82, 2.24) is 20.5 Å². The van der Waals surface area contributed by atoms with Crippen LogP contribution >= 0.6 is 11.3 Å². The first-order chi connectivity index (χ1) is 20.5. The molecule has 3 rings (SSSR count). The number of nitrogens with zero attached hydrogens (tertiary/aromatic N) is 2. The maximum absolute atomic E-state index is 13.7. The van der Waals surface area contributed by atoms with Crippen LogP contribution in [0, 0.1) is 12.3 Å². The molecule has 0 radical (unpaired) electrons. The molecule has 0 aliphatic carbocycles. The Bertz CT molecular complexity index is 1180. The molecule has 2 aromatic rings. The van der Waals surface area contributed by atoms with Crippen molar-refractivity contribution in [3.8, 4) is 10.4 Å². The van der Waals surface area contributed by atoms with Gasteiger partial charge >= 0.3 is 0 Å². The number of rotatable bonds is 16. The summed E-state index contributed by atoms with van der Waals surface area (Å²) in [4.78, 5) is 46.7. The molecule has 3 atom stereocenters. The average Bonchev–Trinajstić information content (AvgIpc) is 3.58. The number of β-amino-alcohol motifs (C(OH)–C–C–N with tert-alkyl or cyclic N) is 1. The van der Waals surface area contributed by atoms with Crippen molar-refractivity contribution in [3.05, 3.63) is 41.0 Å². The highest BCUT2D eigenvalue weighted by molar-refractivity contribution is 7.13. The molecule has 3 amide bonds. The van der Waals surface area contributed by atoms with Crippen LogP contribution in [0.15, 0.2) is 29.8 Å². The number of benzene rings is 1. The minimum absolute atomic E-state index is 0.0714. The standard InChI is InChI=1S/C33H51N5O4S/c1-23-29(43-22-36-23)25-15-13-24(14-16-25)17-19-35-31(41)27-20-26(39)21-38(27)32(42)30(33(2,3)4)37-28(40)12-10-8-6-5-7-9-11-18-34/h13-16,22,26-27,30,39H,5-12,17-21,34H2,1-4H3,(H,35,41)(H,37,40)/t26-,27-,30+/m0/s1. The zero-order valence-corrected chi connectivity index (χ0v) is 27.2. The van der Waals surface area contributed by atoms with Crippen LogP contribution in [0.5, 0.6) is 0 Å². The summed E-state index contributed by atoms with van der Waals surface area (Å²) >= 11 is 1.61. The summed E-state index contributed by atoms with van der Waals surface area (Å²) in [6, 6.07) is 6.66. The Morgan fingerprint density at radius 3 is 2.33 bits per heavy atom. The Morgan fingerprint density at radius 2 is 1.72 bits per heavy atom. The third-order valence-electron chi connectivity index (χ3n) is 8.07. The number of hydrogen-bond donors (Lipinski definition) is 4. The Hall–Kier alpha value is -2.82. The van der Waals surface area contributed by atoms with Crippen molar-refractivity contribution in [2.45, 2.75) is 110 Å². The molecule has 43 heavy (non-hydrogen) atoms. The molecule has 1 aromatic heterocycles. The molecule has 1 aliphatic heterocycles. The van der Waals surface area contributed by atoms with Crippen LogP contribution in [-0.2, 0) is 20.8 Å². The number of likely N-dealkylation sites (tertiary alicyclic amines) is 1. The molecule has 0 saturated carbocycles. The second-order valence-corrected chi connectivity index (χ2v) is 13.6. The van der Waals surface area contributed by atoms with Gasteiger partial charge < -0.3 is 26.4 Å². The summed E-state index contributed by atoms with van der Waals surface area (Å²) in [6.45, 7) is 8.93. The zero-order chi connectivity index (χ0) is 31.4. The van der Waals surface area contributed by atoms with Crippen molar-refractivity contribution < 1.29 is 19.5 Å². The molecule has 2 heterocycles. The lowest BCUT2D eigenvalue weighted by atomic mass is 9.85. The van der Waals surface area contributed by atoms with E-state index in [1.807, 2.05) is 33.2 Å². The molecule has 1 aromatic carbocycles. The van der Waals surface area contributed by atoms with Crippen LogP contribution < -0.4 is 16.4 Å². The summed E-state index contributed by atoms with van der Waals surface area (Å²) in [5.74, 6) is -0.771. The van der Waals surface area contributed by atoms with Crippen LogP contribution in [0.4, 0.5) is 0 Å². The third kappa shape index (κ3) is 10.7. The maximum Gasteiger partial charge on any atom is 0.246 e. The maximum atomic E-state index is 13.7. The Labute approximate surface area is 261 Å². The molecule has 5 N–H and O–H groups in total. The molecule has 1 fully saturated rings. The average molecular weight is 614 g/mol. The number of nitrogens with one attached hydrogen (secondary N) is 2. The lowest BCUT2D eigenvalue weighted by Gasteiger charge is -2.35. The monoisotopic (exact) mass is 613 g/mol. The summed E-state index contributed by atoms with van der Waals surface area (Å²) in [6.07, 6.45) is 7.75. The molecular formula is C33H51N5O4S. The van der Waals surface area contributed by atoms with Crippen LogP contribution in [-0.4, -0.2) is 70.5 Å². The van der Waals surface area contributed by atoms with Crippen LogP contribution in [0.1, 0.15) is 89.8 Å². The van der Waals surface area contributed by atoms with Gasteiger partial charge in [0.25, 0.3) is 0 Å². The summed E-state index contributed by atoms with van der Waals surface area (Å²) < 4.78 is 0. The lowest BCUT2D eigenvalue weighted by molar-refractivity contribution is -0.144. The molecule has 238 valence electrons. The minimum atomic E-state index is -0.794. The summed E-state index contributed by atoms with van der Waals surface area (Å²) in [5, 5.41) is 16.3. The smallest absolute Gasteiger partial charge is 0.246 e. The Morgan fingerprint density at radius 1 is 1.07 bits per heavy atom. The molecule has 0 spiro atoms. The fourth-order valence-corrected chi connectivity index (χ4v) is 6.33. The molecular weight excluding hydrogens is 562 g/mol. The fraction of sp³-hybridized carbons (Fsp3) is 0.636. The van der Waals surface area contributed by atoms with Crippen molar-refractivity contribution in [1.29, 1.82) is 0 Å². The fourth-order valence-electron chi connectivity index (χ4n) is 5.52. The van der Waals surface area contributed by atoms with Gasteiger partial charge in [-0.1, -0.05) is 77.1 Å². The first kappa shape index (κ1) is 34.7. The van der Waals surface area contributed by atoms with Crippen molar-refractivity contribution in [2.24, 2.45) is 11.1 Å². The number of thiazole rings is 1. The van der Waals surface area contributed by atoms with E-state index in [1.165, 1.54) is 11.3 Å². The van der Waals surface area contributed by atoms with Gasteiger partial charge in [-0.2, -0.15) is 0 Å². The highest BCUT2D eigenvalue weighted by atomic mass is 32.1. The normalized spacial score (nSPS) is 17.6. The number of hydrogen-bond acceptors (Lipinski definition) is 7. The second kappa shape index (κ2) is 16.9. The second-order valence-electron chi connectivity index (χ2n) is 12.8. The molecule has 0 unspecified atom stereocenters. The first-order valence-electron chi connectivity index (χ1n) is 15.8. The quantitative estimate of drug-likeness (QED) is 0.208. The zero-order valence-electron chi connectivity index (χ0n) is 26.4. The number of aliphatic hydroxyl groups is 1. The largest absolute Gasteiger partial charge is 0.391 e. The predicted octanol–water partition coefficient (Wildman–Crippen LogP) is 4.35. The van der Waals surface area contributed by atoms with Crippen LogP contribution in [0.2, 0.25) is 0 Å². The number of unbranched alkanes of at least 4 members (excludes halogenated alkanes) is 6. The summed E-state index contributed by atoms with van der Waals surface area (Å²) in [7, 11) is 0. The number of aromatic nitrogens is 1. The van der Waals surface area contributed by atoms with Crippen LogP contribution in [0.25, 0.3) is 10.4 Å². The van der Waals surface area contributed by atoms with E-state index in [2.05, 4.69) is 39.9 Å². The van der Waals surface area contributed by atoms with Gasteiger partial charge in [-0.05, 0) is 49.3 Å². The van der Waals surface area contributed by atoms with E-state index < -0.39 is 23.6 Å². The molecule has 1 aliphatic rings. The van der Waals surface area contributed by atoms with E-state index in [9.17, 15) is 19.5 Å². The highest BCUT2D eigenvalue weighted by Gasteiger charge is 2.44. The van der Waals surface area contributed by atoms with Crippen molar-refractivity contribution in [3.63, 3.8) is 0 Å². The molecule has 1 saturated heterocycles.